The summed E-state index contributed by atoms with van der Waals surface area (Å²) in [4.78, 5) is 16.3. The van der Waals surface area contributed by atoms with Gasteiger partial charge in [-0.3, -0.25) is 4.79 Å². The number of hydrogen-bond donors (Lipinski definition) is 2. The molecule has 1 amide bonds. The van der Waals surface area contributed by atoms with E-state index in [0.717, 1.165) is 0 Å². The number of halogens is 3. The van der Waals surface area contributed by atoms with Crippen LogP contribution in [-0.4, -0.2) is 27.1 Å². The zero-order valence-corrected chi connectivity index (χ0v) is 14.5. The van der Waals surface area contributed by atoms with E-state index < -0.39 is 16.5 Å². The maximum absolute atomic E-state index is 12.8. The molecule has 4 nitrogen and oxygen atoms in total. The van der Waals surface area contributed by atoms with Crippen LogP contribution in [0.3, 0.4) is 0 Å². The molecule has 2 rings (SSSR count). The Kier molecular flexibility index (Phi) is 4.76. The van der Waals surface area contributed by atoms with Gasteiger partial charge < -0.3 is 10.4 Å². The summed E-state index contributed by atoms with van der Waals surface area (Å²) in [6.07, 6.45) is -4.77. The van der Waals surface area contributed by atoms with Gasteiger partial charge in [-0.2, -0.15) is 13.2 Å². The summed E-state index contributed by atoms with van der Waals surface area (Å²) >= 11 is 1.30. The fourth-order valence-corrected chi connectivity index (χ4v) is 3.14. The predicted octanol–water partition coefficient (Wildman–Crippen LogP) is 3.72. The highest BCUT2D eigenvalue weighted by Gasteiger charge is 2.51. The van der Waals surface area contributed by atoms with E-state index in [1.54, 1.807) is 0 Å². The van der Waals surface area contributed by atoms with E-state index in [2.05, 4.69) is 10.3 Å². The van der Waals surface area contributed by atoms with Crippen molar-refractivity contribution in [3.05, 3.63) is 29.8 Å². The van der Waals surface area contributed by atoms with Crippen LogP contribution in [0.5, 0.6) is 0 Å². The maximum Gasteiger partial charge on any atom is 0.421 e. The molecular formula is C16H19F3N2O2S. The minimum absolute atomic E-state index is 0.0967. The lowest BCUT2D eigenvalue weighted by atomic mass is 9.95. The first-order valence-corrected chi connectivity index (χ1v) is 8.18. The third-order valence-electron chi connectivity index (χ3n) is 4.29. The van der Waals surface area contributed by atoms with Crippen LogP contribution >= 0.6 is 11.8 Å². The fraction of sp³-hybridized carbons (Fsp3) is 0.500. The molecule has 1 aliphatic heterocycles. The molecule has 1 unspecified atom stereocenters. The summed E-state index contributed by atoms with van der Waals surface area (Å²) in [5, 5.41) is 12.7. The van der Waals surface area contributed by atoms with Gasteiger partial charge in [0.05, 0.1) is 5.69 Å². The van der Waals surface area contributed by atoms with E-state index in [9.17, 15) is 23.1 Å². The van der Waals surface area contributed by atoms with Crippen molar-refractivity contribution in [2.45, 2.75) is 44.2 Å². The quantitative estimate of drug-likeness (QED) is 0.864. The highest BCUT2D eigenvalue weighted by Crippen LogP contribution is 2.40. The average molecular weight is 360 g/mol. The van der Waals surface area contributed by atoms with Crippen LogP contribution in [0, 0.1) is 5.92 Å². The van der Waals surface area contributed by atoms with Crippen LogP contribution in [0.4, 0.5) is 18.9 Å². The Hall–Kier alpha value is -1.54. The summed E-state index contributed by atoms with van der Waals surface area (Å²) in [5.74, 6) is -0.0441. The van der Waals surface area contributed by atoms with Gasteiger partial charge in [0.2, 0.25) is 5.91 Å². The number of aliphatic hydroxyl groups is 1. The topological polar surface area (TPSA) is 61.7 Å². The van der Waals surface area contributed by atoms with E-state index in [1.165, 1.54) is 36.0 Å². The normalized spacial score (nSPS) is 25.9. The van der Waals surface area contributed by atoms with Gasteiger partial charge >= 0.3 is 6.18 Å². The Morgan fingerprint density at radius 3 is 2.21 bits per heavy atom. The number of nitrogens with zero attached hydrogens (tertiary/aromatic N) is 1. The van der Waals surface area contributed by atoms with Crippen LogP contribution in [-0.2, 0) is 10.4 Å². The van der Waals surface area contributed by atoms with Crippen molar-refractivity contribution in [1.82, 2.24) is 5.32 Å². The molecule has 0 spiro atoms. The smallest absolute Gasteiger partial charge is 0.376 e. The second-order valence-electron chi connectivity index (χ2n) is 6.35. The number of carbonyl (C=O) groups excluding carboxylic acids is 1. The number of amides is 1. The van der Waals surface area contributed by atoms with Gasteiger partial charge in [-0.15, -0.1) is 0 Å². The molecule has 0 aliphatic carbocycles. The Labute approximate surface area is 142 Å². The van der Waals surface area contributed by atoms with Gasteiger partial charge in [0.1, 0.15) is 4.75 Å². The van der Waals surface area contributed by atoms with Gasteiger partial charge in [0.25, 0.3) is 0 Å². The Bertz CT molecular complexity index is 669. The minimum atomic E-state index is -4.77. The lowest BCUT2D eigenvalue weighted by molar-refractivity contribution is -0.258. The van der Waals surface area contributed by atoms with Crippen LogP contribution < -0.4 is 5.32 Å². The number of carbonyl (C=O) groups is 1. The second-order valence-corrected chi connectivity index (χ2v) is 7.79. The largest absolute Gasteiger partial charge is 0.421 e. The maximum atomic E-state index is 12.8. The predicted molar refractivity (Wildman–Crippen MR) is 88.1 cm³/mol. The summed E-state index contributed by atoms with van der Waals surface area (Å²) in [6.45, 7) is 6.39. The number of alkyl halides is 3. The number of nitrogens with one attached hydrogen (secondary N) is 1. The summed E-state index contributed by atoms with van der Waals surface area (Å²) < 4.78 is 37.8. The highest BCUT2D eigenvalue weighted by atomic mass is 32.2. The second kappa shape index (κ2) is 6.07. The summed E-state index contributed by atoms with van der Waals surface area (Å²) in [6, 6.07) is 5.10. The van der Waals surface area contributed by atoms with Crippen LogP contribution in [0.25, 0.3) is 0 Å². The van der Waals surface area contributed by atoms with Crippen LogP contribution in [0.1, 0.15) is 33.3 Å². The monoisotopic (exact) mass is 360 g/mol. The lowest BCUT2D eigenvalue weighted by Crippen LogP contribution is -2.39. The molecule has 2 atom stereocenters. The van der Waals surface area contributed by atoms with E-state index in [4.69, 9.17) is 0 Å². The van der Waals surface area contributed by atoms with Crippen molar-refractivity contribution in [2.75, 3.05) is 0 Å². The van der Waals surface area contributed by atoms with Gasteiger partial charge in [0.15, 0.2) is 10.8 Å². The molecule has 0 aromatic heterocycles. The van der Waals surface area contributed by atoms with Crippen molar-refractivity contribution in [3.63, 3.8) is 0 Å². The molecule has 1 aromatic rings. The highest BCUT2D eigenvalue weighted by molar-refractivity contribution is 8.16. The third-order valence-corrected chi connectivity index (χ3v) is 5.76. The Morgan fingerprint density at radius 2 is 1.79 bits per heavy atom. The first-order chi connectivity index (χ1) is 10.9. The van der Waals surface area contributed by atoms with Crippen molar-refractivity contribution in [1.29, 1.82) is 0 Å². The number of aliphatic imine (C=N–C) groups is 1. The van der Waals surface area contributed by atoms with Crippen molar-refractivity contribution >= 4 is 28.5 Å². The molecule has 1 fully saturated rings. The lowest BCUT2D eigenvalue weighted by Gasteiger charge is -2.26. The average Bonchev–Trinajstić information content (AvgIpc) is 2.74. The molecule has 0 bridgehead atoms. The van der Waals surface area contributed by atoms with Gasteiger partial charge in [-0.1, -0.05) is 37.7 Å². The number of amidine groups is 1. The molecule has 1 saturated heterocycles. The minimum Gasteiger partial charge on any atom is -0.376 e. The van der Waals surface area contributed by atoms with Gasteiger partial charge in [-0.05, 0) is 37.5 Å². The SMILES string of the molecule is CC(C)C1(C)SC(=Nc2ccc([C@](C)(O)C(F)(F)F)cc2)NC1=O. The Morgan fingerprint density at radius 1 is 1.25 bits per heavy atom. The molecule has 24 heavy (non-hydrogen) atoms. The Balaban J connectivity index is 2.23. The van der Waals surface area contributed by atoms with E-state index in [1.807, 2.05) is 20.8 Å². The number of thioether (sulfide) groups is 1. The first-order valence-electron chi connectivity index (χ1n) is 7.36. The van der Waals surface area contributed by atoms with E-state index in [0.29, 0.717) is 17.8 Å². The van der Waals surface area contributed by atoms with Crippen LogP contribution in [0.15, 0.2) is 29.3 Å². The van der Waals surface area contributed by atoms with Gasteiger partial charge in [0, 0.05) is 0 Å². The molecular weight excluding hydrogens is 341 g/mol. The van der Waals surface area contributed by atoms with Crippen molar-refractivity contribution in [2.24, 2.45) is 10.9 Å². The number of hydrogen-bond acceptors (Lipinski definition) is 4. The zero-order valence-electron chi connectivity index (χ0n) is 13.7. The molecule has 1 heterocycles. The molecule has 0 saturated carbocycles. The molecule has 1 aromatic carbocycles. The van der Waals surface area contributed by atoms with Gasteiger partial charge in [-0.25, -0.2) is 4.99 Å². The van der Waals surface area contributed by atoms with E-state index in [-0.39, 0.29) is 17.4 Å². The molecule has 8 heteroatoms. The van der Waals surface area contributed by atoms with Crippen molar-refractivity contribution in [3.8, 4) is 0 Å². The van der Waals surface area contributed by atoms with E-state index >= 15 is 0 Å². The zero-order chi connectivity index (χ0) is 18.3. The first kappa shape index (κ1) is 18.8. The summed E-state index contributed by atoms with van der Waals surface area (Å²) in [7, 11) is 0. The number of benzene rings is 1. The molecule has 2 N–H and O–H groups in total. The third kappa shape index (κ3) is 3.30. The standard InChI is InChI=1S/C16H19F3N2O2S/c1-9(2)14(3)12(22)21-13(24-14)20-11-7-5-10(6-8-11)15(4,23)16(17,18)19/h5-9,23H,1-4H3,(H,20,21,22)/t14?,15-/m0/s1. The summed E-state index contributed by atoms with van der Waals surface area (Å²) in [5.41, 5.74) is -2.80. The van der Waals surface area contributed by atoms with Crippen LogP contribution in [0.2, 0.25) is 0 Å². The fourth-order valence-electron chi connectivity index (χ4n) is 2.07. The molecule has 0 radical (unpaired) electrons. The molecule has 132 valence electrons. The molecule has 1 aliphatic rings. The number of rotatable bonds is 3. The van der Waals surface area contributed by atoms with Crippen molar-refractivity contribution < 1.29 is 23.1 Å².